The van der Waals surface area contributed by atoms with E-state index in [0.29, 0.717) is 27.9 Å². The fourth-order valence-electron chi connectivity index (χ4n) is 5.35. The van der Waals surface area contributed by atoms with Gasteiger partial charge in [-0.2, -0.15) is 0 Å². The first-order valence-electron chi connectivity index (χ1n) is 11.8. The molecule has 0 saturated heterocycles. The van der Waals surface area contributed by atoms with Crippen molar-refractivity contribution in [3.8, 4) is 16.9 Å². The highest BCUT2D eigenvalue weighted by Crippen LogP contribution is 2.45. The number of aromatic nitrogens is 3. The van der Waals surface area contributed by atoms with E-state index in [4.69, 9.17) is 0 Å². The predicted molar refractivity (Wildman–Crippen MR) is 142 cm³/mol. The average molecular weight is 494 g/mol. The van der Waals surface area contributed by atoms with Gasteiger partial charge in [0.1, 0.15) is 0 Å². The van der Waals surface area contributed by atoms with Gasteiger partial charge in [-0.25, -0.2) is 4.79 Å². The van der Waals surface area contributed by atoms with Crippen LogP contribution < -0.4 is 16.6 Å². The quantitative estimate of drug-likeness (QED) is 0.296. The number of non-ortho nitro benzene ring substituents is 1. The van der Waals surface area contributed by atoms with Crippen molar-refractivity contribution in [2.45, 2.75) is 13.0 Å². The highest BCUT2D eigenvalue weighted by molar-refractivity contribution is 5.99. The number of fused-ring (bicyclic) bond motifs is 5. The molecule has 0 amide bonds. The molecule has 0 spiro atoms. The van der Waals surface area contributed by atoms with Crippen LogP contribution in [0, 0.1) is 17.0 Å². The molecule has 0 bridgehead atoms. The van der Waals surface area contributed by atoms with E-state index >= 15 is 0 Å². The summed E-state index contributed by atoms with van der Waals surface area (Å²) in [5.41, 5.74) is 5.09. The van der Waals surface area contributed by atoms with Gasteiger partial charge in [0.25, 0.3) is 11.2 Å². The lowest BCUT2D eigenvalue weighted by Crippen LogP contribution is -2.37. The smallest absolute Gasteiger partial charge is 0.331 e. The van der Waals surface area contributed by atoms with E-state index in [2.05, 4.69) is 5.32 Å². The molecule has 3 heterocycles. The van der Waals surface area contributed by atoms with Gasteiger partial charge in [-0.3, -0.25) is 24.0 Å². The molecule has 0 unspecified atom stereocenters. The van der Waals surface area contributed by atoms with Crippen LogP contribution in [0.2, 0.25) is 0 Å². The summed E-state index contributed by atoms with van der Waals surface area (Å²) in [5, 5.41) is 15.5. The van der Waals surface area contributed by atoms with Crippen molar-refractivity contribution < 1.29 is 4.92 Å². The zero-order valence-electron chi connectivity index (χ0n) is 20.4. The molecule has 9 heteroatoms. The zero-order valence-corrected chi connectivity index (χ0v) is 20.4. The molecule has 0 aliphatic carbocycles. The van der Waals surface area contributed by atoms with Gasteiger partial charge in [0, 0.05) is 26.2 Å². The van der Waals surface area contributed by atoms with Crippen LogP contribution >= 0.6 is 0 Å². The van der Waals surface area contributed by atoms with Crippen LogP contribution in [0.1, 0.15) is 22.9 Å². The fraction of sp³-hybridized carbons (Fsp3) is 0.143. The molecule has 9 nitrogen and oxygen atoms in total. The van der Waals surface area contributed by atoms with Crippen LogP contribution in [0.4, 0.5) is 11.4 Å². The third kappa shape index (κ3) is 3.24. The zero-order chi connectivity index (χ0) is 26.0. The summed E-state index contributed by atoms with van der Waals surface area (Å²) in [6, 6.07) is 21.5. The fourth-order valence-corrected chi connectivity index (χ4v) is 5.35. The standard InChI is InChI=1S/C28H23N5O4/c1-16-8-6-10-18(14-16)24-22-25(30(2)28(35)31(3)27(22)34)26-23(17-9-7-11-19(15-17)33(36)37)29-20-12-4-5-13-21(20)32(24)26/h4-15,23,29H,1-3H3/t23-/m1/s1. The summed E-state index contributed by atoms with van der Waals surface area (Å²) in [5.74, 6) is 0. The number of para-hydroxylation sites is 2. The van der Waals surface area contributed by atoms with E-state index in [1.807, 2.05) is 66.1 Å². The van der Waals surface area contributed by atoms with Gasteiger partial charge in [-0.15, -0.1) is 0 Å². The Bertz CT molecular complexity index is 1880. The monoisotopic (exact) mass is 493 g/mol. The van der Waals surface area contributed by atoms with Gasteiger partial charge in [-0.05, 0) is 36.2 Å². The lowest BCUT2D eigenvalue weighted by atomic mass is 9.99. The molecule has 3 aromatic carbocycles. The Morgan fingerprint density at radius 2 is 1.68 bits per heavy atom. The Balaban J connectivity index is 1.84. The maximum atomic E-state index is 13.7. The van der Waals surface area contributed by atoms with Gasteiger partial charge in [-0.1, -0.05) is 48.0 Å². The minimum Gasteiger partial charge on any atom is -0.371 e. The second-order valence-electron chi connectivity index (χ2n) is 9.31. The highest BCUT2D eigenvalue weighted by Gasteiger charge is 2.35. The van der Waals surface area contributed by atoms with E-state index in [-0.39, 0.29) is 5.69 Å². The van der Waals surface area contributed by atoms with Crippen molar-refractivity contribution in [2.24, 2.45) is 14.1 Å². The summed E-state index contributed by atoms with van der Waals surface area (Å²) in [7, 11) is 3.13. The molecule has 6 rings (SSSR count). The van der Waals surface area contributed by atoms with Crippen molar-refractivity contribution >= 4 is 22.3 Å². The molecule has 0 saturated carbocycles. The topological polar surface area (TPSA) is 104 Å². The van der Waals surface area contributed by atoms with Gasteiger partial charge < -0.3 is 9.88 Å². The number of rotatable bonds is 3. The molecule has 184 valence electrons. The molecule has 1 N–H and O–H groups in total. The van der Waals surface area contributed by atoms with E-state index in [0.717, 1.165) is 27.1 Å². The second kappa shape index (κ2) is 8.06. The molecule has 1 aliphatic heterocycles. The van der Waals surface area contributed by atoms with Crippen LogP contribution in [0.15, 0.2) is 82.4 Å². The van der Waals surface area contributed by atoms with E-state index in [1.54, 1.807) is 13.1 Å². The number of nitro groups is 1. The Morgan fingerprint density at radius 1 is 0.919 bits per heavy atom. The Morgan fingerprint density at radius 3 is 2.43 bits per heavy atom. The summed E-state index contributed by atoms with van der Waals surface area (Å²) < 4.78 is 4.63. The SMILES string of the molecule is Cc1cccc(-c2c3c(=O)n(C)c(=O)n(C)c3c3n2-c2ccccc2N[C@@H]3c2cccc([N+](=O)[O-])c2)c1. The second-order valence-corrected chi connectivity index (χ2v) is 9.31. The Labute approximate surface area is 211 Å². The minimum atomic E-state index is -0.562. The van der Waals surface area contributed by atoms with Crippen molar-refractivity contribution in [1.82, 2.24) is 13.7 Å². The van der Waals surface area contributed by atoms with Crippen molar-refractivity contribution in [3.05, 3.63) is 121 Å². The molecule has 1 atom stereocenters. The van der Waals surface area contributed by atoms with Gasteiger partial charge in [0.15, 0.2) is 0 Å². The third-order valence-electron chi connectivity index (χ3n) is 7.03. The largest absolute Gasteiger partial charge is 0.371 e. The molecule has 0 fully saturated rings. The van der Waals surface area contributed by atoms with Crippen LogP contribution in [-0.4, -0.2) is 18.6 Å². The molecule has 5 aromatic rings. The highest BCUT2D eigenvalue weighted by atomic mass is 16.6. The first-order chi connectivity index (χ1) is 17.8. The van der Waals surface area contributed by atoms with E-state index in [9.17, 15) is 19.7 Å². The van der Waals surface area contributed by atoms with Gasteiger partial charge in [0.05, 0.1) is 44.6 Å². The first kappa shape index (κ1) is 22.5. The number of nitrogens with one attached hydrogen (secondary N) is 1. The normalized spacial score (nSPS) is 14.2. The maximum absolute atomic E-state index is 13.7. The summed E-state index contributed by atoms with van der Waals surface area (Å²) in [6.45, 7) is 1.99. The number of aryl methyl sites for hydroxylation is 2. The summed E-state index contributed by atoms with van der Waals surface area (Å²) >= 11 is 0. The van der Waals surface area contributed by atoms with Crippen molar-refractivity contribution in [3.63, 3.8) is 0 Å². The summed E-state index contributed by atoms with van der Waals surface area (Å²) in [4.78, 5) is 38.0. The Kier molecular flexibility index (Phi) is 4.91. The molecule has 0 radical (unpaired) electrons. The number of benzene rings is 3. The number of hydrogen-bond acceptors (Lipinski definition) is 5. The van der Waals surface area contributed by atoms with Crippen molar-refractivity contribution in [2.75, 3.05) is 5.32 Å². The first-order valence-corrected chi connectivity index (χ1v) is 11.8. The number of nitrogens with zero attached hydrogens (tertiary/aromatic N) is 4. The number of nitro benzene ring substituents is 1. The molecule has 1 aliphatic rings. The van der Waals surface area contributed by atoms with Crippen LogP contribution in [0.3, 0.4) is 0 Å². The summed E-state index contributed by atoms with van der Waals surface area (Å²) in [6.07, 6.45) is 0. The molecule has 2 aromatic heterocycles. The maximum Gasteiger partial charge on any atom is 0.331 e. The lowest BCUT2D eigenvalue weighted by Gasteiger charge is -2.31. The molecule has 37 heavy (non-hydrogen) atoms. The van der Waals surface area contributed by atoms with Crippen LogP contribution in [-0.2, 0) is 14.1 Å². The minimum absolute atomic E-state index is 0.0377. The predicted octanol–water partition coefficient (Wildman–Crippen LogP) is 4.43. The van der Waals surface area contributed by atoms with Crippen LogP contribution in [0.25, 0.3) is 27.8 Å². The molecular formula is C28H23N5O4. The average Bonchev–Trinajstić information content (AvgIpc) is 3.27. The van der Waals surface area contributed by atoms with Gasteiger partial charge in [0.2, 0.25) is 0 Å². The lowest BCUT2D eigenvalue weighted by molar-refractivity contribution is -0.384. The Hall–Kier alpha value is -4.92. The van der Waals surface area contributed by atoms with E-state index in [1.165, 1.54) is 23.7 Å². The third-order valence-corrected chi connectivity index (χ3v) is 7.03. The number of anilines is 1. The van der Waals surface area contributed by atoms with E-state index < -0.39 is 22.2 Å². The van der Waals surface area contributed by atoms with Crippen LogP contribution in [0.5, 0.6) is 0 Å². The number of hydrogen-bond donors (Lipinski definition) is 1. The molecular weight excluding hydrogens is 470 g/mol. The van der Waals surface area contributed by atoms with Crippen molar-refractivity contribution in [1.29, 1.82) is 0 Å². The van der Waals surface area contributed by atoms with Gasteiger partial charge >= 0.3 is 5.69 Å².